The van der Waals surface area contributed by atoms with Gasteiger partial charge >= 0.3 is 0 Å². The molecule has 0 aromatic rings. The van der Waals surface area contributed by atoms with Crippen LogP contribution in [0.2, 0.25) is 0 Å². The number of ether oxygens (including phenoxy) is 1. The molecule has 1 aliphatic rings. The lowest BCUT2D eigenvalue weighted by atomic mass is 9.91. The molecule has 2 nitrogen and oxygen atoms in total. The van der Waals surface area contributed by atoms with Gasteiger partial charge in [0.1, 0.15) is 0 Å². The molecule has 0 aliphatic carbocycles. The van der Waals surface area contributed by atoms with E-state index in [0.29, 0.717) is 6.10 Å². The third kappa shape index (κ3) is 5.50. The number of unbranched alkanes of at least 4 members (excludes halogenated alkanes) is 3. The van der Waals surface area contributed by atoms with E-state index in [2.05, 4.69) is 20.1 Å². The molecular formula is C17H30O2. The summed E-state index contributed by atoms with van der Waals surface area (Å²) in [5, 5.41) is 10.3. The monoisotopic (exact) mass is 266 g/mol. The van der Waals surface area contributed by atoms with E-state index in [-0.39, 0.29) is 11.7 Å². The van der Waals surface area contributed by atoms with E-state index in [1.165, 1.54) is 12.8 Å². The highest BCUT2D eigenvalue weighted by molar-refractivity contribution is 4.91. The minimum Gasteiger partial charge on any atom is -0.390 e. The van der Waals surface area contributed by atoms with Crippen LogP contribution in [0.15, 0.2) is 25.3 Å². The van der Waals surface area contributed by atoms with Crippen LogP contribution in [0.25, 0.3) is 0 Å². The van der Waals surface area contributed by atoms with Gasteiger partial charge in [-0.2, -0.15) is 0 Å². The van der Waals surface area contributed by atoms with E-state index in [1.807, 2.05) is 12.2 Å². The minimum absolute atomic E-state index is 0.304. The molecule has 1 aliphatic heterocycles. The molecule has 19 heavy (non-hydrogen) atoms. The number of allylic oxidation sites excluding steroid dienone is 2. The van der Waals surface area contributed by atoms with Crippen LogP contribution in [0.5, 0.6) is 0 Å². The average molecular weight is 266 g/mol. The lowest BCUT2D eigenvalue weighted by molar-refractivity contribution is -0.108. The molecular weight excluding hydrogens is 236 g/mol. The van der Waals surface area contributed by atoms with E-state index in [4.69, 9.17) is 4.74 Å². The summed E-state index contributed by atoms with van der Waals surface area (Å²) in [6, 6.07) is 0. The summed E-state index contributed by atoms with van der Waals surface area (Å²) in [5.74, 6) is 0. The second-order valence-electron chi connectivity index (χ2n) is 5.90. The molecule has 0 saturated carbocycles. The standard InChI is InChI=1S/C17H30O2/c1-4-6-8-9-10-12-16(18)17(3)14-13-15(19-17)11-7-5-2/h4-5,15-16,18H,1-2,6-14H2,3H3/t15-,16-,17+/m1/s1. The number of aliphatic hydroxyl groups excluding tert-OH is 1. The number of rotatable bonds is 10. The largest absolute Gasteiger partial charge is 0.390 e. The van der Waals surface area contributed by atoms with Gasteiger partial charge in [0.25, 0.3) is 0 Å². The Labute approximate surface area is 118 Å². The van der Waals surface area contributed by atoms with Crippen LogP contribution in [0.3, 0.4) is 0 Å². The van der Waals surface area contributed by atoms with Gasteiger partial charge in [-0.1, -0.05) is 25.0 Å². The maximum absolute atomic E-state index is 10.3. The Morgan fingerprint density at radius 2 is 2.00 bits per heavy atom. The number of hydrogen-bond acceptors (Lipinski definition) is 2. The highest BCUT2D eigenvalue weighted by Crippen LogP contribution is 2.36. The molecule has 0 radical (unpaired) electrons. The zero-order valence-electron chi connectivity index (χ0n) is 12.4. The van der Waals surface area contributed by atoms with E-state index in [1.54, 1.807) is 0 Å². The summed E-state index contributed by atoms with van der Waals surface area (Å²) in [6.07, 6.45) is 13.3. The molecule has 0 unspecified atom stereocenters. The van der Waals surface area contributed by atoms with Gasteiger partial charge in [-0.25, -0.2) is 0 Å². The predicted molar refractivity (Wildman–Crippen MR) is 81.2 cm³/mol. The Morgan fingerprint density at radius 1 is 1.26 bits per heavy atom. The molecule has 3 atom stereocenters. The first-order chi connectivity index (χ1) is 9.12. The van der Waals surface area contributed by atoms with Gasteiger partial charge < -0.3 is 9.84 Å². The summed E-state index contributed by atoms with van der Waals surface area (Å²) in [6.45, 7) is 9.53. The van der Waals surface area contributed by atoms with E-state index < -0.39 is 0 Å². The van der Waals surface area contributed by atoms with Crippen molar-refractivity contribution in [3.8, 4) is 0 Å². The molecule has 2 heteroatoms. The lowest BCUT2D eigenvalue weighted by Gasteiger charge is -2.30. The SMILES string of the molecule is C=CCCCCC[C@@H](O)[C@]1(C)CC[C@@H](CCC=C)O1. The van der Waals surface area contributed by atoms with Crippen LogP contribution in [-0.4, -0.2) is 22.9 Å². The van der Waals surface area contributed by atoms with Gasteiger partial charge in [-0.15, -0.1) is 13.2 Å². The van der Waals surface area contributed by atoms with Crippen molar-refractivity contribution in [2.75, 3.05) is 0 Å². The van der Waals surface area contributed by atoms with Gasteiger partial charge in [-0.05, 0) is 51.9 Å². The molecule has 0 aromatic carbocycles. The van der Waals surface area contributed by atoms with Crippen molar-refractivity contribution < 1.29 is 9.84 Å². The molecule has 1 rings (SSSR count). The first-order valence-electron chi connectivity index (χ1n) is 7.70. The fraction of sp³-hybridized carbons (Fsp3) is 0.765. The molecule has 1 heterocycles. The molecule has 0 bridgehead atoms. The Balaban J connectivity index is 2.25. The predicted octanol–water partition coefficient (Wildman–Crippen LogP) is 4.39. The first-order valence-corrected chi connectivity index (χ1v) is 7.70. The Bertz CT molecular complexity index is 274. The highest BCUT2D eigenvalue weighted by Gasteiger charge is 2.41. The zero-order valence-corrected chi connectivity index (χ0v) is 12.4. The van der Waals surface area contributed by atoms with Gasteiger partial charge in [0.05, 0.1) is 17.8 Å². The number of aliphatic hydroxyl groups is 1. The van der Waals surface area contributed by atoms with Crippen molar-refractivity contribution in [1.82, 2.24) is 0 Å². The molecule has 1 fully saturated rings. The smallest absolute Gasteiger partial charge is 0.0916 e. The highest BCUT2D eigenvalue weighted by atomic mass is 16.5. The first kappa shape index (κ1) is 16.5. The topological polar surface area (TPSA) is 29.5 Å². The third-order valence-electron chi connectivity index (χ3n) is 4.18. The van der Waals surface area contributed by atoms with Crippen LogP contribution in [-0.2, 0) is 4.74 Å². The summed E-state index contributed by atoms with van der Waals surface area (Å²) in [4.78, 5) is 0. The molecule has 110 valence electrons. The minimum atomic E-state index is -0.329. The van der Waals surface area contributed by atoms with Gasteiger partial charge in [0.15, 0.2) is 0 Å². The maximum Gasteiger partial charge on any atom is 0.0916 e. The molecule has 1 saturated heterocycles. The molecule has 0 aromatic heterocycles. The van der Waals surface area contributed by atoms with Crippen molar-refractivity contribution in [3.63, 3.8) is 0 Å². The lowest BCUT2D eigenvalue weighted by Crippen LogP contribution is -2.39. The van der Waals surface area contributed by atoms with Crippen LogP contribution in [0.4, 0.5) is 0 Å². The van der Waals surface area contributed by atoms with Crippen molar-refractivity contribution in [1.29, 1.82) is 0 Å². The third-order valence-corrected chi connectivity index (χ3v) is 4.18. The van der Waals surface area contributed by atoms with E-state index >= 15 is 0 Å². The average Bonchev–Trinajstić information content (AvgIpc) is 2.79. The van der Waals surface area contributed by atoms with Crippen molar-refractivity contribution in [2.45, 2.75) is 82.5 Å². The second-order valence-corrected chi connectivity index (χ2v) is 5.90. The van der Waals surface area contributed by atoms with E-state index in [9.17, 15) is 5.11 Å². The van der Waals surface area contributed by atoms with Crippen LogP contribution in [0, 0.1) is 0 Å². The Kier molecular flexibility index (Phi) is 7.40. The Morgan fingerprint density at radius 3 is 2.68 bits per heavy atom. The summed E-state index contributed by atoms with van der Waals surface area (Å²) < 4.78 is 6.08. The van der Waals surface area contributed by atoms with Gasteiger partial charge in [0.2, 0.25) is 0 Å². The fourth-order valence-electron chi connectivity index (χ4n) is 2.81. The van der Waals surface area contributed by atoms with Crippen LogP contribution in [0.1, 0.15) is 64.7 Å². The maximum atomic E-state index is 10.3. The normalized spacial score (nSPS) is 28.2. The quantitative estimate of drug-likeness (QED) is 0.469. The summed E-state index contributed by atoms with van der Waals surface area (Å²) in [5.41, 5.74) is -0.329. The van der Waals surface area contributed by atoms with Crippen molar-refractivity contribution in [3.05, 3.63) is 25.3 Å². The zero-order chi connectivity index (χ0) is 14.1. The fourth-order valence-corrected chi connectivity index (χ4v) is 2.81. The summed E-state index contributed by atoms with van der Waals surface area (Å²) >= 11 is 0. The van der Waals surface area contributed by atoms with Gasteiger partial charge in [-0.3, -0.25) is 0 Å². The van der Waals surface area contributed by atoms with Crippen molar-refractivity contribution in [2.24, 2.45) is 0 Å². The van der Waals surface area contributed by atoms with Crippen LogP contribution >= 0.6 is 0 Å². The van der Waals surface area contributed by atoms with Crippen molar-refractivity contribution >= 4 is 0 Å². The van der Waals surface area contributed by atoms with E-state index in [0.717, 1.165) is 44.9 Å². The number of hydrogen-bond donors (Lipinski definition) is 1. The molecule has 0 spiro atoms. The van der Waals surface area contributed by atoms with Crippen LogP contribution < -0.4 is 0 Å². The molecule has 1 N–H and O–H groups in total. The Hall–Kier alpha value is -0.600. The molecule has 0 amide bonds. The second kappa shape index (κ2) is 8.55. The summed E-state index contributed by atoms with van der Waals surface area (Å²) in [7, 11) is 0. The van der Waals surface area contributed by atoms with Gasteiger partial charge in [0, 0.05) is 0 Å².